The van der Waals surface area contributed by atoms with Gasteiger partial charge in [-0.25, -0.2) is 0 Å². The molecule has 3 aromatic rings. The Balaban J connectivity index is -0.0000000779. The molecule has 28 heavy (non-hydrogen) atoms. The van der Waals surface area contributed by atoms with Crippen LogP contribution in [0.25, 0.3) is 0 Å². The first-order valence-corrected chi connectivity index (χ1v) is 11.9. The van der Waals surface area contributed by atoms with Crippen LogP contribution in [-0.2, 0) is 32.7 Å². The van der Waals surface area contributed by atoms with E-state index in [1.165, 1.54) is 0 Å². The minimum Gasteiger partial charge on any atom is -0.358 e. The summed E-state index contributed by atoms with van der Waals surface area (Å²) in [5.74, 6) is 0. The predicted molar refractivity (Wildman–Crippen MR) is 136 cm³/mol. The van der Waals surface area contributed by atoms with Crippen molar-refractivity contribution in [3.63, 3.8) is 0 Å². The molecular formula is C25H39S2Y-. The van der Waals surface area contributed by atoms with Crippen LogP contribution in [0.2, 0.25) is 0 Å². The van der Waals surface area contributed by atoms with Crippen molar-refractivity contribution in [2.75, 3.05) is 25.0 Å². The van der Waals surface area contributed by atoms with E-state index < -0.39 is 0 Å². The third-order valence-corrected chi connectivity index (χ3v) is 2.00. The zero-order valence-corrected chi connectivity index (χ0v) is 23.3. The molecule has 0 aliphatic heterocycles. The first kappa shape index (κ1) is 38.1. The molecule has 0 nitrogen and oxygen atoms in total. The van der Waals surface area contributed by atoms with Gasteiger partial charge in [0, 0.05) is 32.7 Å². The van der Waals surface area contributed by atoms with Crippen molar-refractivity contribution in [3.8, 4) is 0 Å². The van der Waals surface area contributed by atoms with Crippen LogP contribution in [0.5, 0.6) is 0 Å². The molecule has 0 saturated heterocycles. The van der Waals surface area contributed by atoms with E-state index in [9.17, 15) is 0 Å². The van der Waals surface area contributed by atoms with E-state index in [2.05, 4.69) is 0 Å². The van der Waals surface area contributed by atoms with Crippen molar-refractivity contribution < 1.29 is 32.7 Å². The smallest absolute Gasteiger partial charge is 0 e. The van der Waals surface area contributed by atoms with Gasteiger partial charge in [-0.1, -0.05) is 123 Å². The van der Waals surface area contributed by atoms with Crippen LogP contribution in [0.1, 0.15) is 13.8 Å². The summed E-state index contributed by atoms with van der Waals surface area (Å²) in [4.78, 5) is 0. The summed E-state index contributed by atoms with van der Waals surface area (Å²) < 4.78 is 0. The average Bonchev–Trinajstić information content (AvgIpc) is 2.75. The van der Waals surface area contributed by atoms with Crippen molar-refractivity contribution in [2.45, 2.75) is 13.8 Å². The van der Waals surface area contributed by atoms with Gasteiger partial charge in [0.25, 0.3) is 0 Å². The van der Waals surface area contributed by atoms with Crippen molar-refractivity contribution in [1.29, 1.82) is 0 Å². The van der Waals surface area contributed by atoms with Gasteiger partial charge in [0.05, 0.1) is 0 Å². The predicted octanol–water partition coefficient (Wildman–Crippen LogP) is 8.49. The Hall–Kier alpha value is -0.536. The summed E-state index contributed by atoms with van der Waals surface area (Å²) in [5, 5.41) is 0. The topological polar surface area (TPSA) is 0 Å². The van der Waals surface area contributed by atoms with Crippen LogP contribution >= 0.6 is 23.5 Å². The fourth-order valence-electron chi connectivity index (χ4n) is 1.15. The second-order valence-corrected chi connectivity index (χ2v) is 5.91. The van der Waals surface area contributed by atoms with Gasteiger partial charge in [-0.3, -0.25) is 0 Å². The molecule has 0 fully saturated rings. The number of hydrogen-bond acceptors (Lipinski definition) is 2. The molecule has 0 aliphatic rings. The van der Waals surface area contributed by atoms with Crippen molar-refractivity contribution in [2.24, 2.45) is 0 Å². The number of benzene rings is 3. The van der Waals surface area contributed by atoms with E-state index in [0.29, 0.717) is 0 Å². The monoisotopic (exact) mass is 492 g/mol. The van der Waals surface area contributed by atoms with Gasteiger partial charge in [-0.05, 0) is 25.0 Å². The van der Waals surface area contributed by atoms with Gasteiger partial charge < -0.3 is 7.43 Å². The fraction of sp³-hybridized carbons (Fsp3) is 0.240. The second kappa shape index (κ2) is 45.3. The van der Waals surface area contributed by atoms with Gasteiger partial charge in [-0.2, -0.15) is 23.5 Å². The molecule has 3 aromatic carbocycles. The van der Waals surface area contributed by atoms with Gasteiger partial charge in [-0.15, -0.1) is 0 Å². The van der Waals surface area contributed by atoms with E-state index in [4.69, 9.17) is 0 Å². The minimum atomic E-state index is 0. The maximum atomic E-state index is 2.04. The van der Waals surface area contributed by atoms with Crippen molar-refractivity contribution in [1.82, 2.24) is 0 Å². The molecule has 0 atom stereocenters. The van der Waals surface area contributed by atoms with E-state index in [1.807, 2.05) is 148 Å². The summed E-state index contributed by atoms with van der Waals surface area (Å²) in [6, 6.07) is 36.0. The van der Waals surface area contributed by atoms with Gasteiger partial charge >= 0.3 is 0 Å². The summed E-state index contributed by atoms with van der Waals surface area (Å²) >= 11 is 3.50. The Morgan fingerprint density at radius 3 is 0.393 bits per heavy atom. The number of thioether (sulfide) groups is 2. The number of rotatable bonds is 0. The molecule has 155 valence electrons. The third-order valence-electron chi connectivity index (χ3n) is 2.00. The molecule has 1 radical (unpaired) electrons. The van der Waals surface area contributed by atoms with E-state index >= 15 is 0 Å². The summed E-state index contributed by atoms with van der Waals surface area (Å²) in [6.07, 6.45) is 8.17. The summed E-state index contributed by atoms with van der Waals surface area (Å²) in [5.41, 5.74) is 0. The van der Waals surface area contributed by atoms with Gasteiger partial charge in [0.2, 0.25) is 0 Å². The van der Waals surface area contributed by atoms with Crippen LogP contribution < -0.4 is 0 Å². The summed E-state index contributed by atoms with van der Waals surface area (Å²) in [7, 11) is 0. The molecular weight excluding hydrogens is 453 g/mol. The molecule has 3 rings (SSSR count). The van der Waals surface area contributed by atoms with Gasteiger partial charge in [0.1, 0.15) is 0 Å². The van der Waals surface area contributed by atoms with Crippen LogP contribution in [0.15, 0.2) is 109 Å². The van der Waals surface area contributed by atoms with Crippen molar-refractivity contribution >= 4 is 23.5 Å². The zero-order valence-electron chi connectivity index (χ0n) is 18.8. The molecule has 0 bridgehead atoms. The molecule has 0 aliphatic carbocycles. The largest absolute Gasteiger partial charge is 0.358 e. The summed E-state index contributed by atoms with van der Waals surface area (Å²) in [6.45, 7) is 4.00. The van der Waals surface area contributed by atoms with Gasteiger partial charge in [0.15, 0.2) is 0 Å². The van der Waals surface area contributed by atoms with E-state index in [0.717, 1.165) is 0 Å². The molecule has 0 N–H and O–H groups in total. The van der Waals surface area contributed by atoms with E-state index in [-0.39, 0.29) is 40.1 Å². The third kappa shape index (κ3) is 50.0. The van der Waals surface area contributed by atoms with Crippen LogP contribution in [-0.4, -0.2) is 25.0 Å². The maximum absolute atomic E-state index is 2.04. The standard InChI is InChI=1S/3C6H6.2C2H6S.C2H6.CH3.Y/c3*1-2-4-6-5-3-1;2*1-3-2;1-2;;/h3*1-6H;2*1-2H3;1-2H3;1H3;/q;;;;;;-1;. The molecule has 0 unspecified atom stereocenters. The Labute approximate surface area is 210 Å². The quantitative estimate of drug-likeness (QED) is 0.289. The second-order valence-electron chi connectivity index (χ2n) is 4.28. The van der Waals surface area contributed by atoms with Crippen molar-refractivity contribution in [3.05, 3.63) is 117 Å². The van der Waals surface area contributed by atoms with E-state index in [1.54, 1.807) is 23.5 Å². The van der Waals surface area contributed by atoms with Crippen LogP contribution in [0, 0.1) is 7.43 Å². The van der Waals surface area contributed by atoms with Crippen LogP contribution in [0.3, 0.4) is 0 Å². The van der Waals surface area contributed by atoms with Crippen LogP contribution in [0.4, 0.5) is 0 Å². The first-order valence-electron chi connectivity index (χ1n) is 8.63. The molecule has 0 heterocycles. The fourth-order valence-corrected chi connectivity index (χ4v) is 1.15. The SMILES string of the molecule is CC.CSC.CSC.[CH3-].[Y].c1ccccc1.c1ccccc1.c1ccccc1. The zero-order chi connectivity index (χ0) is 20.1. The average molecular weight is 493 g/mol. The number of hydrogen-bond donors (Lipinski definition) is 0. The molecule has 3 heteroatoms. The minimum absolute atomic E-state index is 0. The normalized spacial score (nSPS) is 6.64. The first-order chi connectivity index (χ1) is 12.8. The Morgan fingerprint density at radius 2 is 0.357 bits per heavy atom. The Bertz CT molecular complexity index is 333. The molecule has 0 amide bonds. The maximum Gasteiger partial charge on any atom is 0 e. The molecule has 0 spiro atoms. The molecule has 0 aromatic heterocycles. The molecule has 0 saturated carbocycles. The Morgan fingerprint density at radius 1 is 0.321 bits per heavy atom. The Kier molecular flexibility index (Phi) is 61.7.